The monoisotopic (exact) mass is 203 g/mol. The van der Waals surface area contributed by atoms with Crippen LogP contribution in [0.15, 0.2) is 18.3 Å². The van der Waals surface area contributed by atoms with E-state index < -0.39 is 16.0 Å². The Balaban J connectivity index is 2.71. The Morgan fingerprint density at radius 3 is 2.77 bits per heavy atom. The van der Waals surface area contributed by atoms with Gasteiger partial charge in [-0.3, -0.25) is 4.98 Å². The van der Waals surface area contributed by atoms with E-state index in [1.54, 1.807) is 12.3 Å². The highest BCUT2D eigenvalue weighted by Crippen LogP contribution is 2.05. The SMILES string of the molecule is Cc1cccnc1CCS(=O)(=O)F. The molecular formula is C8H10FNO2S. The molecule has 1 rings (SSSR count). The lowest BCUT2D eigenvalue weighted by Gasteiger charge is -2.00. The number of hydrogen-bond donors (Lipinski definition) is 0. The highest BCUT2D eigenvalue weighted by Gasteiger charge is 2.08. The van der Waals surface area contributed by atoms with Crippen LogP contribution in [0.25, 0.3) is 0 Å². The number of pyridine rings is 1. The van der Waals surface area contributed by atoms with E-state index in [-0.39, 0.29) is 6.42 Å². The first-order valence-electron chi connectivity index (χ1n) is 3.82. The molecule has 0 aromatic carbocycles. The van der Waals surface area contributed by atoms with E-state index in [9.17, 15) is 12.3 Å². The molecule has 0 atom stereocenters. The van der Waals surface area contributed by atoms with Gasteiger partial charge in [-0.25, -0.2) is 0 Å². The van der Waals surface area contributed by atoms with Crippen molar-refractivity contribution in [2.75, 3.05) is 5.75 Å². The zero-order valence-electron chi connectivity index (χ0n) is 7.20. The highest BCUT2D eigenvalue weighted by molar-refractivity contribution is 7.86. The minimum atomic E-state index is -4.38. The van der Waals surface area contributed by atoms with E-state index in [0.29, 0.717) is 5.69 Å². The Hall–Kier alpha value is -0.970. The van der Waals surface area contributed by atoms with Crippen molar-refractivity contribution in [2.45, 2.75) is 13.3 Å². The minimum Gasteiger partial charge on any atom is -0.261 e. The zero-order valence-corrected chi connectivity index (χ0v) is 8.01. The molecule has 13 heavy (non-hydrogen) atoms. The maximum Gasteiger partial charge on any atom is 0.302 e. The van der Waals surface area contributed by atoms with Crippen LogP contribution in [0.3, 0.4) is 0 Å². The van der Waals surface area contributed by atoms with Gasteiger partial charge in [0.05, 0.1) is 5.75 Å². The summed E-state index contributed by atoms with van der Waals surface area (Å²) in [6, 6.07) is 3.57. The fraction of sp³-hybridized carbons (Fsp3) is 0.375. The summed E-state index contributed by atoms with van der Waals surface area (Å²) in [6.07, 6.45) is 1.69. The van der Waals surface area contributed by atoms with Gasteiger partial charge in [0.15, 0.2) is 0 Å². The third-order valence-corrected chi connectivity index (χ3v) is 2.39. The molecule has 5 heteroatoms. The van der Waals surface area contributed by atoms with Crippen LogP contribution in [0.1, 0.15) is 11.3 Å². The van der Waals surface area contributed by atoms with Crippen molar-refractivity contribution < 1.29 is 12.3 Å². The smallest absolute Gasteiger partial charge is 0.261 e. The van der Waals surface area contributed by atoms with E-state index in [1.807, 2.05) is 13.0 Å². The number of nitrogens with zero attached hydrogens (tertiary/aromatic N) is 1. The molecule has 0 saturated heterocycles. The van der Waals surface area contributed by atoms with Crippen LogP contribution in [0.5, 0.6) is 0 Å². The molecule has 72 valence electrons. The molecule has 0 saturated carbocycles. The second kappa shape index (κ2) is 3.83. The summed E-state index contributed by atoms with van der Waals surface area (Å²) in [5.74, 6) is -0.495. The van der Waals surface area contributed by atoms with Gasteiger partial charge in [-0.05, 0) is 18.6 Å². The number of hydrogen-bond acceptors (Lipinski definition) is 3. The highest BCUT2D eigenvalue weighted by atomic mass is 32.3. The average Bonchev–Trinajstić information content (AvgIpc) is 2.01. The number of halogens is 1. The van der Waals surface area contributed by atoms with E-state index in [2.05, 4.69) is 4.98 Å². The van der Waals surface area contributed by atoms with Gasteiger partial charge in [-0.1, -0.05) is 6.07 Å². The second-order valence-corrected chi connectivity index (χ2v) is 4.25. The van der Waals surface area contributed by atoms with Crippen molar-refractivity contribution in [1.82, 2.24) is 4.98 Å². The summed E-state index contributed by atoms with van der Waals surface area (Å²) in [6.45, 7) is 1.81. The Kier molecular flexibility index (Phi) is 2.98. The van der Waals surface area contributed by atoms with Crippen molar-refractivity contribution in [3.8, 4) is 0 Å². The summed E-state index contributed by atoms with van der Waals surface area (Å²) < 4.78 is 32.6. The molecule has 1 aromatic heterocycles. The van der Waals surface area contributed by atoms with Crippen molar-refractivity contribution in [1.29, 1.82) is 0 Å². The predicted molar refractivity (Wildman–Crippen MR) is 47.6 cm³/mol. The molecule has 0 aliphatic carbocycles. The minimum absolute atomic E-state index is 0.130. The van der Waals surface area contributed by atoms with Gasteiger partial charge in [0.1, 0.15) is 0 Å². The number of aryl methyl sites for hydroxylation is 2. The summed E-state index contributed by atoms with van der Waals surface area (Å²) in [5, 5.41) is 0. The molecule has 0 aliphatic heterocycles. The zero-order chi connectivity index (χ0) is 9.90. The maximum atomic E-state index is 12.2. The first kappa shape index (κ1) is 10.1. The molecule has 0 amide bonds. The van der Waals surface area contributed by atoms with Crippen molar-refractivity contribution in [2.24, 2.45) is 0 Å². The molecule has 0 unspecified atom stereocenters. The summed E-state index contributed by atoms with van der Waals surface area (Å²) in [4.78, 5) is 3.95. The predicted octanol–water partition coefficient (Wildman–Crippen LogP) is 1.23. The van der Waals surface area contributed by atoms with Crippen LogP contribution >= 0.6 is 0 Å². The van der Waals surface area contributed by atoms with Crippen molar-refractivity contribution in [3.63, 3.8) is 0 Å². The van der Waals surface area contributed by atoms with Gasteiger partial charge in [0, 0.05) is 18.3 Å². The van der Waals surface area contributed by atoms with Crippen LogP contribution in [-0.4, -0.2) is 19.2 Å². The first-order chi connectivity index (χ1) is 5.99. The van der Waals surface area contributed by atoms with E-state index in [4.69, 9.17) is 0 Å². The summed E-state index contributed by atoms with van der Waals surface area (Å²) >= 11 is 0. The third-order valence-electron chi connectivity index (χ3n) is 1.70. The lowest BCUT2D eigenvalue weighted by molar-refractivity contribution is 0.551. The summed E-state index contributed by atoms with van der Waals surface area (Å²) in [7, 11) is -4.38. The molecule has 0 radical (unpaired) electrons. The Morgan fingerprint density at radius 2 is 2.23 bits per heavy atom. The van der Waals surface area contributed by atoms with Gasteiger partial charge < -0.3 is 0 Å². The quantitative estimate of drug-likeness (QED) is 0.694. The topological polar surface area (TPSA) is 47.0 Å². The molecule has 1 heterocycles. The number of aromatic nitrogens is 1. The normalized spacial score (nSPS) is 11.5. The van der Waals surface area contributed by atoms with Crippen LogP contribution in [-0.2, 0) is 16.6 Å². The Labute approximate surface area is 76.8 Å². The third kappa shape index (κ3) is 3.50. The molecule has 1 aromatic rings. The van der Waals surface area contributed by atoms with E-state index in [1.165, 1.54) is 0 Å². The Morgan fingerprint density at radius 1 is 1.54 bits per heavy atom. The van der Waals surface area contributed by atoms with E-state index in [0.717, 1.165) is 5.56 Å². The first-order valence-corrected chi connectivity index (χ1v) is 5.37. The lowest BCUT2D eigenvalue weighted by atomic mass is 10.2. The second-order valence-electron chi connectivity index (χ2n) is 2.76. The molecule has 0 spiro atoms. The van der Waals surface area contributed by atoms with Gasteiger partial charge in [-0.2, -0.15) is 8.42 Å². The summed E-state index contributed by atoms with van der Waals surface area (Å²) in [5.41, 5.74) is 1.51. The molecular weight excluding hydrogens is 193 g/mol. The van der Waals surface area contributed by atoms with Gasteiger partial charge in [0.25, 0.3) is 0 Å². The average molecular weight is 203 g/mol. The molecule has 0 N–H and O–H groups in total. The van der Waals surface area contributed by atoms with Gasteiger partial charge in [-0.15, -0.1) is 3.89 Å². The van der Waals surface area contributed by atoms with Gasteiger partial charge in [0.2, 0.25) is 0 Å². The molecule has 0 bridgehead atoms. The molecule has 0 fully saturated rings. The largest absolute Gasteiger partial charge is 0.302 e. The maximum absolute atomic E-state index is 12.2. The van der Waals surface area contributed by atoms with Crippen molar-refractivity contribution >= 4 is 10.2 Å². The number of rotatable bonds is 3. The standard InChI is InChI=1S/C8H10FNO2S/c1-7-3-2-5-10-8(7)4-6-13(9,11)12/h2-3,5H,4,6H2,1H3. The fourth-order valence-electron chi connectivity index (χ4n) is 0.999. The van der Waals surface area contributed by atoms with Crippen LogP contribution in [0.2, 0.25) is 0 Å². The van der Waals surface area contributed by atoms with E-state index >= 15 is 0 Å². The lowest BCUT2D eigenvalue weighted by Crippen LogP contribution is -2.04. The molecule has 0 aliphatic rings. The van der Waals surface area contributed by atoms with Crippen LogP contribution in [0, 0.1) is 6.92 Å². The van der Waals surface area contributed by atoms with Crippen molar-refractivity contribution in [3.05, 3.63) is 29.6 Å². The van der Waals surface area contributed by atoms with Crippen LogP contribution in [0.4, 0.5) is 3.89 Å². The van der Waals surface area contributed by atoms with Gasteiger partial charge >= 0.3 is 10.2 Å². The van der Waals surface area contributed by atoms with Crippen LogP contribution < -0.4 is 0 Å². The molecule has 3 nitrogen and oxygen atoms in total. The fourth-order valence-corrected chi connectivity index (χ4v) is 1.44. The Bertz CT molecular complexity index is 389.